The van der Waals surface area contributed by atoms with Crippen molar-refractivity contribution in [3.63, 3.8) is 0 Å². The number of hydrogen-bond acceptors (Lipinski definition) is 3. The molecule has 0 fully saturated rings. The van der Waals surface area contributed by atoms with Crippen molar-refractivity contribution in [1.29, 1.82) is 0 Å². The van der Waals surface area contributed by atoms with Crippen molar-refractivity contribution in [3.05, 3.63) is 59.7 Å². The van der Waals surface area contributed by atoms with E-state index in [2.05, 4.69) is 15.3 Å². The van der Waals surface area contributed by atoms with Crippen LogP contribution in [0.3, 0.4) is 0 Å². The Labute approximate surface area is 104 Å². The minimum Gasteiger partial charge on any atom is -0.304 e. The van der Waals surface area contributed by atoms with Crippen molar-refractivity contribution in [3.8, 4) is 0 Å². The molecule has 0 bridgehead atoms. The molecule has 18 heavy (non-hydrogen) atoms. The lowest BCUT2D eigenvalue weighted by Gasteiger charge is -2.17. The zero-order valence-electron chi connectivity index (χ0n) is 9.90. The van der Waals surface area contributed by atoms with E-state index >= 15 is 0 Å². The van der Waals surface area contributed by atoms with Crippen molar-refractivity contribution >= 4 is 0 Å². The molecule has 0 aliphatic carbocycles. The van der Waals surface area contributed by atoms with Crippen molar-refractivity contribution in [2.75, 3.05) is 6.54 Å². The third kappa shape index (κ3) is 2.68. The molecule has 1 heterocycles. The molecule has 0 saturated carbocycles. The van der Waals surface area contributed by atoms with Crippen LogP contribution in [0.5, 0.6) is 0 Å². The first-order valence-corrected chi connectivity index (χ1v) is 5.67. The largest absolute Gasteiger partial charge is 0.304 e. The number of nitrogens with zero attached hydrogens (tertiary/aromatic N) is 2. The normalized spacial score (nSPS) is 12.4. The third-order valence-electron chi connectivity index (χ3n) is 2.52. The molecule has 0 radical (unpaired) electrons. The van der Waals surface area contributed by atoms with Gasteiger partial charge in [0.2, 0.25) is 0 Å². The minimum absolute atomic E-state index is 0.211. The maximum absolute atomic E-state index is 13.8. The summed E-state index contributed by atoms with van der Waals surface area (Å²) in [6, 6.07) is 4.49. The molecule has 3 nitrogen and oxygen atoms in total. The summed E-state index contributed by atoms with van der Waals surface area (Å²) in [5.41, 5.74) is 0.211. The number of benzene rings is 1. The van der Waals surface area contributed by atoms with Crippen LogP contribution in [0.4, 0.5) is 8.78 Å². The minimum atomic E-state index is -0.549. The van der Waals surface area contributed by atoms with Crippen LogP contribution in [0.15, 0.2) is 36.7 Å². The Balaban J connectivity index is 2.44. The summed E-state index contributed by atoms with van der Waals surface area (Å²) in [5.74, 6) is -0.538. The fourth-order valence-corrected chi connectivity index (χ4v) is 1.74. The van der Waals surface area contributed by atoms with E-state index in [0.29, 0.717) is 12.4 Å². The second-order valence-electron chi connectivity index (χ2n) is 3.76. The molecule has 5 heteroatoms. The summed E-state index contributed by atoms with van der Waals surface area (Å²) in [6.45, 7) is 2.48. The van der Waals surface area contributed by atoms with Crippen molar-refractivity contribution < 1.29 is 8.78 Å². The highest BCUT2D eigenvalue weighted by molar-refractivity contribution is 5.27. The fraction of sp³-hybridized carbons (Fsp3) is 0.231. The number of nitrogens with one attached hydrogen (secondary N) is 1. The van der Waals surface area contributed by atoms with Gasteiger partial charge in [0.05, 0.1) is 6.04 Å². The van der Waals surface area contributed by atoms with Gasteiger partial charge in [-0.25, -0.2) is 18.7 Å². The smallest absolute Gasteiger partial charge is 0.149 e. The van der Waals surface area contributed by atoms with Gasteiger partial charge >= 0.3 is 0 Å². The molecule has 0 spiro atoms. The highest BCUT2D eigenvalue weighted by Gasteiger charge is 2.19. The lowest BCUT2D eigenvalue weighted by Crippen LogP contribution is -2.25. The quantitative estimate of drug-likeness (QED) is 0.904. The summed E-state index contributed by atoms with van der Waals surface area (Å²) in [6.07, 6.45) is 3.15. The van der Waals surface area contributed by atoms with Crippen molar-refractivity contribution in [2.45, 2.75) is 13.0 Å². The SMILES string of the molecule is CCNC(c1ncccn1)c1cc(F)ccc1F. The van der Waals surface area contributed by atoms with Crippen molar-refractivity contribution in [1.82, 2.24) is 15.3 Å². The summed E-state index contributed by atoms with van der Waals surface area (Å²) in [4.78, 5) is 8.16. The Morgan fingerprint density at radius 3 is 2.61 bits per heavy atom. The van der Waals surface area contributed by atoms with Gasteiger partial charge in [0.15, 0.2) is 0 Å². The van der Waals surface area contributed by atoms with Crippen LogP contribution in [0, 0.1) is 11.6 Å². The number of hydrogen-bond donors (Lipinski definition) is 1. The predicted molar refractivity (Wildman–Crippen MR) is 63.9 cm³/mol. The number of aromatic nitrogens is 2. The van der Waals surface area contributed by atoms with Gasteiger partial charge in [0.25, 0.3) is 0 Å². The average molecular weight is 249 g/mol. The van der Waals surface area contributed by atoms with E-state index in [0.717, 1.165) is 12.1 Å². The summed E-state index contributed by atoms with van der Waals surface area (Å²) >= 11 is 0. The lowest BCUT2D eigenvalue weighted by molar-refractivity contribution is 0.531. The summed E-state index contributed by atoms with van der Waals surface area (Å²) < 4.78 is 27.0. The zero-order chi connectivity index (χ0) is 13.0. The first-order chi connectivity index (χ1) is 8.72. The molecule has 0 aliphatic heterocycles. The molecule has 1 aromatic heterocycles. The summed E-state index contributed by atoms with van der Waals surface area (Å²) in [7, 11) is 0. The standard InChI is InChI=1S/C13H13F2N3/c1-2-16-12(13-17-6-3-7-18-13)10-8-9(14)4-5-11(10)15/h3-8,12,16H,2H2,1H3. The van der Waals surface area contributed by atoms with E-state index < -0.39 is 17.7 Å². The van der Waals surface area contributed by atoms with Gasteiger partial charge in [-0.1, -0.05) is 6.92 Å². The first-order valence-electron chi connectivity index (χ1n) is 5.67. The summed E-state index contributed by atoms with van der Waals surface area (Å²) in [5, 5.41) is 3.05. The van der Waals surface area contributed by atoms with Crippen LogP contribution in [-0.2, 0) is 0 Å². The van der Waals surface area contributed by atoms with Gasteiger partial charge < -0.3 is 5.32 Å². The van der Waals surface area contributed by atoms with Crippen LogP contribution < -0.4 is 5.32 Å². The number of halogens is 2. The van der Waals surface area contributed by atoms with E-state index in [9.17, 15) is 8.78 Å². The molecular formula is C13H13F2N3. The van der Waals surface area contributed by atoms with Gasteiger partial charge in [-0.2, -0.15) is 0 Å². The topological polar surface area (TPSA) is 37.8 Å². The second-order valence-corrected chi connectivity index (χ2v) is 3.76. The zero-order valence-corrected chi connectivity index (χ0v) is 9.90. The van der Waals surface area contributed by atoms with E-state index in [-0.39, 0.29) is 5.56 Å². The van der Waals surface area contributed by atoms with E-state index in [1.165, 1.54) is 6.07 Å². The Morgan fingerprint density at radius 2 is 1.94 bits per heavy atom. The molecule has 2 rings (SSSR count). The van der Waals surface area contributed by atoms with E-state index in [4.69, 9.17) is 0 Å². The first kappa shape index (κ1) is 12.6. The van der Waals surface area contributed by atoms with Gasteiger partial charge in [-0.05, 0) is 30.8 Å². The maximum Gasteiger partial charge on any atom is 0.149 e. The lowest BCUT2D eigenvalue weighted by atomic mass is 10.1. The highest BCUT2D eigenvalue weighted by Crippen LogP contribution is 2.22. The molecule has 1 N–H and O–H groups in total. The number of rotatable bonds is 4. The predicted octanol–water partition coefficient (Wildman–Crippen LogP) is 2.45. The van der Waals surface area contributed by atoms with E-state index in [1.807, 2.05) is 6.92 Å². The van der Waals surface area contributed by atoms with Crippen LogP contribution in [0.2, 0.25) is 0 Å². The maximum atomic E-state index is 13.8. The molecule has 0 saturated heterocycles. The highest BCUT2D eigenvalue weighted by atomic mass is 19.1. The Hall–Kier alpha value is -1.88. The van der Waals surface area contributed by atoms with Crippen LogP contribution >= 0.6 is 0 Å². The fourth-order valence-electron chi connectivity index (χ4n) is 1.74. The van der Waals surface area contributed by atoms with Gasteiger partial charge in [-0.15, -0.1) is 0 Å². The van der Waals surface area contributed by atoms with Crippen LogP contribution in [0.1, 0.15) is 24.4 Å². The Kier molecular flexibility index (Phi) is 3.94. The van der Waals surface area contributed by atoms with Gasteiger partial charge in [0.1, 0.15) is 17.5 Å². The van der Waals surface area contributed by atoms with Gasteiger partial charge in [0, 0.05) is 18.0 Å². The molecule has 1 atom stereocenters. The van der Waals surface area contributed by atoms with E-state index in [1.54, 1.807) is 18.5 Å². The second kappa shape index (κ2) is 5.64. The van der Waals surface area contributed by atoms with Crippen LogP contribution in [-0.4, -0.2) is 16.5 Å². The van der Waals surface area contributed by atoms with Crippen LogP contribution in [0.25, 0.3) is 0 Å². The molecule has 2 aromatic rings. The Bertz CT molecular complexity index is 517. The van der Waals surface area contributed by atoms with Gasteiger partial charge in [-0.3, -0.25) is 0 Å². The third-order valence-corrected chi connectivity index (χ3v) is 2.52. The molecule has 94 valence electrons. The molecule has 0 amide bonds. The molecular weight excluding hydrogens is 236 g/mol. The molecule has 1 unspecified atom stereocenters. The molecule has 0 aliphatic rings. The Morgan fingerprint density at radius 1 is 1.22 bits per heavy atom. The molecule has 1 aromatic carbocycles. The van der Waals surface area contributed by atoms with Crippen molar-refractivity contribution in [2.24, 2.45) is 0 Å². The monoisotopic (exact) mass is 249 g/mol. The average Bonchev–Trinajstić information content (AvgIpc) is 2.40.